The topological polar surface area (TPSA) is 63.4 Å². The van der Waals surface area contributed by atoms with E-state index in [2.05, 4.69) is 0 Å². The third-order valence-electron chi connectivity index (χ3n) is 3.48. The van der Waals surface area contributed by atoms with Gasteiger partial charge in [-0.05, 0) is 31.4 Å². The van der Waals surface area contributed by atoms with E-state index in [4.69, 9.17) is 5.73 Å². The van der Waals surface area contributed by atoms with E-state index in [1.807, 2.05) is 32.9 Å². The number of aryl methyl sites for hydroxylation is 2. The SMILES string of the molecule is CCC(N)CN1C(=O)c2c(C)ccc(C)c2C1=O. The zero-order chi connectivity index (χ0) is 13.4. The van der Waals surface area contributed by atoms with E-state index in [9.17, 15) is 9.59 Å². The molecule has 18 heavy (non-hydrogen) atoms. The minimum Gasteiger partial charge on any atom is -0.326 e. The molecule has 0 spiro atoms. The fourth-order valence-electron chi connectivity index (χ4n) is 2.25. The highest BCUT2D eigenvalue weighted by Gasteiger charge is 2.38. The molecule has 1 aliphatic rings. The van der Waals surface area contributed by atoms with Gasteiger partial charge in [-0.2, -0.15) is 0 Å². The van der Waals surface area contributed by atoms with Gasteiger partial charge >= 0.3 is 0 Å². The van der Waals surface area contributed by atoms with Gasteiger partial charge in [0.05, 0.1) is 11.1 Å². The predicted octanol–water partition coefficient (Wildman–Crippen LogP) is 1.64. The number of imide groups is 1. The van der Waals surface area contributed by atoms with E-state index >= 15 is 0 Å². The van der Waals surface area contributed by atoms with Gasteiger partial charge in [-0.3, -0.25) is 14.5 Å². The first kappa shape index (κ1) is 12.8. The van der Waals surface area contributed by atoms with Crippen LogP contribution in [0.5, 0.6) is 0 Å². The first-order valence-corrected chi connectivity index (χ1v) is 6.19. The Morgan fingerprint density at radius 1 is 1.11 bits per heavy atom. The standard InChI is InChI=1S/C14H18N2O2/c1-4-10(15)7-16-13(17)11-8(2)5-6-9(3)12(11)14(16)18/h5-6,10H,4,7,15H2,1-3H3. The van der Waals surface area contributed by atoms with E-state index in [1.165, 1.54) is 4.90 Å². The van der Waals surface area contributed by atoms with Crippen LogP contribution in [-0.4, -0.2) is 29.3 Å². The molecule has 0 saturated carbocycles. The Morgan fingerprint density at radius 2 is 1.56 bits per heavy atom. The maximum atomic E-state index is 12.3. The van der Waals surface area contributed by atoms with Gasteiger partial charge in [0, 0.05) is 12.6 Å². The lowest BCUT2D eigenvalue weighted by atomic mass is 9.99. The molecule has 2 amide bonds. The highest BCUT2D eigenvalue weighted by Crippen LogP contribution is 2.28. The van der Waals surface area contributed by atoms with Crippen LogP contribution in [0.25, 0.3) is 0 Å². The largest absolute Gasteiger partial charge is 0.326 e. The monoisotopic (exact) mass is 246 g/mol. The van der Waals surface area contributed by atoms with Crippen molar-refractivity contribution in [3.8, 4) is 0 Å². The van der Waals surface area contributed by atoms with Crippen molar-refractivity contribution < 1.29 is 9.59 Å². The summed E-state index contributed by atoms with van der Waals surface area (Å²) < 4.78 is 0. The Morgan fingerprint density at radius 3 is 1.94 bits per heavy atom. The normalized spacial score (nSPS) is 16.1. The Bertz CT molecular complexity index is 482. The smallest absolute Gasteiger partial charge is 0.261 e. The number of rotatable bonds is 3. The quantitative estimate of drug-likeness (QED) is 0.825. The second-order valence-electron chi connectivity index (χ2n) is 4.84. The van der Waals surface area contributed by atoms with Crippen LogP contribution in [0.2, 0.25) is 0 Å². The van der Waals surface area contributed by atoms with Crippen molar-refractivity contribution in [3.63, 3.8) is 0 Å². The van der Waals surface area contributed by atoms with Gasteiger partial charge in [-0.1, -0.05) is 19.1 Å². The minimum atomic E-state index is -0.208. The van der Waals surface area contributed by atoms with Crippen LogP contribution < -0.4 is 5.73 Å². The maximum absolute atomic E-state index is 12.3. The lowest BCUT2D eigenvalue weighted by molar-refractivity contribution is 0.0644. The highest BCUT2D eigenvalue weighted by molar-refractivity contribution is 6.22. The second kappa shape index (κ2) is 4.53. The van der Waals surface area contributed by atoms with Crippen LogP contribution in [0.15, 0.2) is 12.1 Å². The molecule has 0 bridgehead atoms. The fourth-order valence-corrected chi connectivity index (χ4v) is 2.25. The molecule has 2 rings (SSSR count). The van der Waals surface area contributed by atoms with Gasteiger partial charge < -0.3 is 5.73 Å². The lowest BCUT2D eigenvalue weighted by Gasteiger charge is -2.17. The number of hydrogen-bond donors (Lipinski definition) is 1. The van der Waals surface area contributed by atoms with Gasteiger partial charge in [0.1, 0.15) is 0 Å². The molecule has 0 aliphatic carbocycles. The molecule has 1 heterocycles. The Kier molecular flexibility index (Phi) is 3.22. The number of hydrogen-bond acceptors (Lipinski definition) is 3. The van der Waals surface area contributed by atoms with Crippen molar-refractivity contribution >= 4 is 11.8 Å². The van der Waals surface area contributed by atoms with E-state index in [-0.39, 0.29) is 17.9 Å². The van der Waals surface area contributed by atoms with Crippen molar-refractivity contribution in [2.75, 3.05) is 6.54 Å². The summed E-state index contributed by atoms with van der Waals surface area (Å²) in [5, 5.41) is 0. The average Bonchev–Trinajstić information content (AvgIpc) is 2.59. The summed E-state index contributed by atoms with van der Waals surface area (Å²) in [5.74, 6) is -0.416. The number of benzene rings is 1. The molecule has 4 nitrogen and oxygen atoms in total. The number of amides is 2. The summed E-state index contributed by atoms with van der Waals surface area (Å²) in [6, 6.07) is 3.60. The second-order valence-corrected chi connectivity index (χ2v) is 4.84. The summed E-state index contributed by atoms with van der Waals surface area (Å²) in [4.78, 5) is 25.8. The summed E-state index contributed by atoms with van der Waals surface area (Å²) in [5.41, 5.74) is 8.63. The summed E-state index contributed by atoms with van der Waals surface area (Å²) in [6.07, 6.45) is 0.741. The molecule has 0 fully saturated rings. The summed E-state index contributed by atoms with van der Waals surface area (Å²) in [7, 11) is 0. The zero-order valence-electron chi connectivity index (χ0n) is 11.0. The molecule has 1 aliphatic heterocycles. The third-order valence-corrected chi connectivity index (χ3v) is 3.48. The van der Waals surface area contributed by atoms with Crippen molar-refractivity contribution in [2.45, 2.75) is 33.2 Å². The fraction of sp³-hybridized carbons (Fsp3) is 0.429. The molecule has 96 valence electrons. The van der Waals surface area contributed by atoms with Crippen molar-refractivity contribution in [1.82, 2.24) is 4.90 Å². The zero-order valence-corrected chi connectivity index (χ0v) is 11.0. The van der Waals surface area contributed by atoms with Crippen LogP contribution >= 0.6 is 0 Å². The Labute approximate surface area is 107 Å². The van der Waals surface area contributed by atoms with E-state index in [0.717, 1.165) is 17.5 Å². The number of nitrogens with zero attached hydrogens (tertiary/aromatic N) is 1. The van der Waals surface area contributed by atoms with Crippen molar-refractivity contribution in [3.05, 3.63) is 34.4 Å². The number of fused-ring (bicyclic) bond motifs is 1. The molecule has 4 heteroatoms. The van der Waals surface area contributed by atoms with Crippen molar-refractivity contribution in [1.29, 1.82) is 0 Å². The van der Waals surface area contributed by atoms with Crippen molar-refractivity contribution in [2.24, 2.45) is 5.73 Å². The molecular weight excluding hydrogens is 228 g/mol. The van der Waals surface area contributed by atoms with E-state index < -0.39 is 0 Å². The number of nitrogens with two attached hydrogens (primary N) is 1. The molecule has 0 radical (unpaired) electrons. The van der Waals surface area contributed by atoms with E-state index in [1.54, 1.807) is 0 Å². The minimum absolute atomic E-state index is 0.159. The molecule has 0 saturated heterocycles. The molecular formula is C14H18N2O2. The van der Waals surface area contributed by atoms with Crippen LogP contribution in [0, 0.1) is 13.8 Å². The Balaban J connectivity index is 2.44. The molecule has 1 aromatic rings. The molecule has 2 N–H and O–H groups in total. The van der Waals surface area contributed by atoms with Crippen LogP contribution in [-0.2, 0) is 0 Å². The maximum Gasteiger partial charge on any atom is 0.261 e. The van der Waals surface area contributed by atoms with Gasteiger partial charge in [-0.25, -0.2) is 0 Å². The molecule has 1 aromatic carbocycles. The molecule has 1 unspecified atom stereocenters. The predicted molar refractivity (Wildman–Crippen MR) is 69.5 cm³/mol. The van der Waals surface area contributed by atoms with E-state index in [0.29, 0.717) is 17.7 Å². The summed E-state index contributed by atoms with van der Waals surface area (Å²) >= 11 is 0. The number of carbonyl (C=O) groups is 2. The van der Waals surface area contributed by atoms with Crippen LogP contribution in [0.3, 0.4) is 0 Å². The third kappa shape index (κ3) is 1.82. The molecule has 0 aromatic heterocycles. The molecule has 1 atom stereocenters. The van der Waals surface area contributed by atoms with Gasteiger partial charge in [0.25, 0.3) is 11.8 Å². The van der Waals surface area contributed by atoms with Crippen LogP contribution in [0.1, 0.15) is 45.2 Å². The first-order chi connectivity index (χ1) is 8.47. The first-order valence-electron chi connectivity index (χ1n) is 6.19. The lowest BCUT2D eigenvalue weighted by Crippen LogP contribution is -2.40. The van der Waals surface area contributed by atoms with Gasteiger partial charge in [0.2, 0.25) is 0 Å². The number of carbonyl (C=O) groups excluding carboxylic acids is 2. The Hall–Kier alpha value is -1.68. The van der Waals surface area contributed by atoms with Gasteiger partial charge in [-0.15, -0.1) is 0 Å². The van der Waals surface area contributed by atoms with Gasteiger partial charge in [0.15, 0.2) is 0 Å². The highest BCUT2D eigenvalue weighted by atomic mass is 16.2. The van der Waals surface area contributed by atoms with Crippen LogP contribution in [0.4, 0.5) is 0 Å². The summed E-state index contributed by atoms with van der Waals surface area (Å²) in [6.45, 7) is 5.94. The average molecular weight is 246 g/mol.